The second-order valence-electron chi connectivity index (χ2n) is 6.78. The lowest BCUT2D eigenvalue weighted by Crippen LogP contribution is -2.34. The van der Waals surface area contributed by atoms with Crippen LogP contribution in [0.15, 0.2) is 63.3 Å². The lowest BCUT2D eigenvalue weighted by Gasteiger charge is -2.22. The van der Waals surface area contributed by atoms with Gasteiger partial charge < -0.3 is 15.4 Å². The molecule has 0 aliphatic rings. The molecular weight excluding hydrogens is 464 g/mol. The van der Waals surface area contributed by atoms with Crippen molar-refractivity contribution in [3.8, 4) is 5.75 Å². The Morgan fingerprint density at radius 2 is 1.69 bits per heavy atom. The number of benzene rings is 2. The van der Waals surface area contributed by atoms with Crippen molar-refractivity contribution in [1.82, 2.24) is 15.1 Å². The number of methoxy groups -OCH3 is 1. The molecule has 0 radical (unpaired) electrons. The molecule has 3 rings (SSSR count). The second-order valence-corrected chi connectivity index (χ2v) is 10.2. The van der Waals surface area contributed by atoms with E-state index < -0.39 is 5.91 Å². The predicted molar refractivity (Wildman–Crippen MR) is 129 cm³/mol. The van der Waals surface area contributed by atoms with Crippen LogP contribution in [0.4, 0.5) is 0 Å². The Hall–Kier alpha value is -2.56. The zero-order valence-electron chi connectivity index (χ0n) is 17.6. The lowest BCUT2D eigenvalue weighted by molar-refractivity contribution is -0.129. The molecule has 0 fully saturated rings. The van der Waals surface area contributed by atoms with Gasteiger partial charge in [0.2, 0.25) is 11.8 Å². The highest BCUT2D eigenvalue weighted by Gasteiger charge is 2.17. The van der Waals surface area contributed by atoms with Gasteiger partial charge in [-0.15, -0.1) is 10.2 Å². The number of primary amides is 1. The fourth-order valence-corrected chi connectivity index (χ4v) is 5.62. The molecule has 0 saturated carbocycles. The summed E-state index contributed by atoms with van der Waals surface area (Å²) in [7, 11) is 1.65. The minimum atomic E-state index is -0.425. The van der Waals surface area contributed by atoms with E-state index in [1.54, 1.807) is 23.8 Å². The van der Waals surface area contributed by atoms with Gasteiger partial charge in [-0.1, -0.05) is 77.3 Å². The van der Waals surface area contributed by atoms with Crippen LogP contribution >= 0.6 is 34.9 Å². The Labute approximate surface area is 199 Å². The fraction of sp³-hybridized carbons (Fsp3) is 0.273. The smallest absolute Gasteiger partial charge is 0.233 e. The standard InChI is InChI=1S/C22H24N4O3S3/c1-29-18-9-7-17(8-10-18)14-30-21-24-25-22(32-21)31-15-20(28)26(12-11-19(23)27)13-16-5-3-2-4-6-16/h2-10H,11-15H2,1H3,(H2,23,27). The van der Waals surface area contributed by atoms with E-state index >= 15 is 0 Å². The number of nitrogens with zero attached hydrogens (tertiary/aromatic N) is 3. The molecule has 0 aliphatic carbocycles. The first kappa shape index (κ1) is 24.1. The van der Waals surface area contributed by atoms with Crippen LogP contribution < -0.4 is 10.5 Å². The largest absolute Gasteiger partial charge is 0.497 e. The summed E-state index contributed by atoms with van der Waals surface area (Å²) in [5, 5.41) is 8.41. The van der Waals surface area contributed by atoms with Gasteiger partial charge in [0.15, 0.2) is 8.68 Å². The third-order valence-electron chi connectivity index (χ3n) is 4.43. The molecule has 0 atom stereocenters. The molecule has 0 unspecified atom stereocenters. The summed E-state index contributed by atoms with van der Waals surface area (Å²) in [6, 6.07) is 17.6. The lowest BCUT2D eigenvalue weighted by atomic mass is 10.2. The van der Waals surface area contributed by atoms with Gasteiger partial charge in [-0.25, -0.2) is 0 Å². The van der Waals surface area contributed by atoms with Crippen LogP contribution in [-0.2, 0) is 21.9 Å². The summed E-state index contributed by atoms with van der Waals surface area (Å²) in [6.45, 7) is 0.731. The van der Waals surface area contributed by atoms with Crippen molar-refractivity contribution in [1.29, 1.82) is 0 Å². The Kier molecular flexibility index (Phi) is 9.39. The first-order chi connectivity index (χ1) is 15.5. The van der Waals surface area contributed by atoms with Gasteiger partial charge >= 0.3 is 0 Å². The molecule has 2 N–H and O–H groups in total. The van der Waals surface area contributed by atoms with Gasteiger partial charge in [0.05, 0.1) is 12.9 Å². The molecule has 0 spiro atoms. The number of hydrogen-bond donors (Lipinski definition) is 1. The second kappa shape index (κ2) is 12.5. The average Bonchev–Trinajstić information content (AvgIpc) is 3.27. The van der Waals surface area contributed by atoms with E-state index in [-0.39, 0.29) is 18.1 Å². The van der Waals surface area contributed by atoms with E-state index in [0.717, 1.165) is 25.7 Å². The number of thioether (sulfide) groups is 2. The Balaban J connectivity index is 1.51. The summed E-state index contributed by atoms with van der Waals surface area (Å²) in [5.74, 6) is 1.34. The third-order valence-corrected chi connectivity index (χ3v) is 7.67. The molecule has 32 heavy (non-hydrogen) atoms. The topological polar surface area (TPSA) is 98.4 Å². The molecule has 1 heterocycles. The highest BCUT2D eigenvalue weighted by molar-refractivity contribution is 8.03. The summed E-state index contributed by atoms with van der Waals surface area (Å²) in [6.07, 6.45) is 0.133. The number of nitrogens with two attached hydrogens (primary N) is 1. The molecule has 0 saturated heterocycles. The fourth-order valence-electron chi connectivity index (χ4n) is 2.74. The SMILES string of the molecule is COc1ccc(CSc2nnc(SCC(=O)N(CCC(N)=O)Cc3ccccc3)s2)cc1. The molecule has 10 heteroatoms. The minimum absolute atomic E-state index is 0.0669. The summed E-state index contributed by atoms with van der Waals surface area (Å²) < 4.78 is 6.77. The van der Waals surface area contributed by atoms with E-state index in [1.807, 2.05) is 54.6 Å². The minimum Gasteiger partial charge on any atom is -0.497 e. The maximum absolute atomic E-state index is 12.8. The van der Waals surface area contributed by atoms with Crippen molar-refractivity contribution in [2.45, 2.75) is 27.4 Å². The number of aromatic nitrogens is 2. The predicted octanol–water partition coefficient (Wildman–Crippen LogP) is 3.84. The van der Waals surface area contributed by atoms with E-state index in [2.05, 4.69) is 10.2 Å². The molecule has 2 amide bonds. The van der Waals surface area contributed by atoms with Gasteiger partial charge in [0.1, 0.15) is 5.75 Å². The van der Waals surface area contributed by atoms with Crippen LogP contribution in [0.2, 0.25) is 0 Å². The van der Waals surface area contributed by atoms with Crippen molar-refractivity contribution in [2.24, 2.45) is 5.73 Å². The van der Waals surface area contributed by atoms with Crippen LogP contribution in [0.1, 0.15) is 17.5 Å². The maximum atomic E-state index is 12.8. The normalized spacial score (nSPS) is 10.7. The molecule has 0 aliphatic heterocycles. The van der Waals surface area contributed by atoms with Gasteiger partial charge in [0, 0.05) is 25.3 Å². The van der Waals surface area contributed by atoms with Crippen molar-refractivity contribution >= 4 is 46.7 Å². The zero-order chi connectivity index (χ0) is 22.8. The summed E-state index contributed by atoms with van der Waals surface area (Å²) >= 11 is 4.43. The van der Waals surface area contributed by atoms with Crippen molar-refractivity contribution in [3.63, 3.8) is 0 Å². The highest BCUT2D eigenvalue weighted by Crippen LogP contribution is 2.31. The number of amides is 2. The summed E-state index contributed by atoms with van der Waals surface area (Å²) in [5.41, 5.74) is 7.45. The molecule has 0 bridgehead atoms. The molecule has 2 aromatic carbocycles. The van der Waals surface area contributed by atoms with Crippen molar-refractivity contribution in [3.05, 3.63) is 65.7 Å². The Bertz CT molecular complexity index is 1010. The number of ether oxygens (including phenoxy) is 1. The number of carbonyl (C=O) groups is 2. The monoisotopic (exact) mass is 488 g/mol. The van der Waals surface area contributed by atoms with Crippen LogP contribution in [0.3, 0.4) is 0 Å². The zero-order valence-corrected chi connectivity index (χ0v) is 20.0. The van der Waals surface area contributed by atoms with Crippen LogP contribution in [0.5, 0.6) is 5.75 Å². The van der Waals surface area contributed by atoms with Crippen LogP contribution in [0.25, 0.3) is 0 Å². The number of carbonyl (C=O) groups excluding carboxylic acids is 2. The quantitative estimate of drug-likeness (QED) is 0.387. The first-order valence-electron chi connectivity index (χ1n) is 9.85. The summed E-state index contributed by atoms with van der Waals surface area (Å²) in [4.78, 5) is 25.7. The molecule has 168 valence electrons. The first-order valence-corrected chi connectivity index (χ1v) is 12.6. The molecule has 7 nitrogen and oxygen atoms in total. The van der Waals surface area contributed by atoms with Gasteiger partial charge in [0.25, 0.3) is 0 Å². The third kappa shape index (κ3) is 7.85. The maximum Gasteiger partial charge on any atom is 0.233 e. The van der Waals surface area contributed by atoms with E-state index in [9.17, 15) is 9.59 Å². The highest BCUT2D eigenvalue weighted by atomic mass is 32.2. The average molecular weight is 489 g/mol. The van der Waals surface area contributed by atoms with E-state index in [1.165, 1.54) is 28.7 Å². The van der Waals surface area contributed by atoms with E-state index in [4.69, 9.17) is 10.5 Å². The number of rotatable bonds is 12. The molecular formula is C22H24N4O3S3. The van der Waals surface area contributed by atoms with E-state index in [0.29, 0.717) is 13.1 Å². The Morgan fingerprint density at radius 3 is 2.34 bits per heavy atom. The van der Waals surface area contributed by atoms with Gasteiger partial charge in [-0.05, 0) is 23.3 Å². The van der Waals surface area contributed by atoms with Crippen molar-refractivity contribution in [2.75, 3.05) is 19.4 Å². The van der Waals surface area contributed by atoms with Crippen molar-refractivity contribution < 1.29 is 14.3 Å². The van der Waals surface area contributed by atoms with Crippen LogP contribution in [0, 0.1) is 0 Å². The number of hydrogen-bond acceptors (Lipinski definition) is 8. The van der Waals surface area contributed by atoms with Gasteiger partial charge in [-0.2, -0.15) is 0 Å². The van der Waals surface area contributed by atoms with Gasteiger partial charge in [-0.3, -0.25) is 9.59 Å². The van der Waals surface area contributed by atoms with Crippen LogP contribution in [-0.4, -0.2) is 46.3 Å². The molecule has 3 aromatic rings. The Morgan fingerprint density at radius 1 is 1.00 bits per heavy atom. The molecule has 1 aromatic heterocycles.